The number of carbonyl (C=O) groups is 1. The zero-order chi connectivity index (χ0) is 20.6. The van der Waals surface area contributed by atoms with E-state index >= 15 is 0 Å². The van der Waals surface area contributed by atoms with E-state index in [1.54, 1.807) is 0 Å². The van der Waals surface area contributed by atoms with Gasteiger partial charge >= 0.3 is 0 Å². The monoisotopic (exact) mass is 400 g/mol. The van der Waals surface area contributed by atoms with Crippen LogP contribution in [0.5, 0.6) is 0 Å². The number of likely N-dealkylation sites (N-methyl/N-ethyl adjacent to an activating group) is 2. The maximum atomic E-state index is 12.7. The van der Waals surface area contributed by atoms with Crippen LogP contribution in [0.3, 0.4) is 0 Å². The summed E-state index contributed by atoms with van der Waals surface area (Å²) in [5.74, 6) is 0.887. The van der Waals surface area contributed by atoms with Gasteiger partial charge in [-0.2, -0.15) is 0 Å². The number of piperidine rings is 1. The van der Waals surface area contributed by atoms with Crippen LogP contribution in [-0.4, -0.2) is 98.0 Å². The highest BCUT2D eigenvalue weighted by atomic mass is 16.2. The zero-order valence-corrected chi connectivity index (χ0v) is 18.8. The predicted molar refractivity (Wildman–Crippen MR) is 120 cm³/mol. The van der Waals surface area contributed by atoms with Crippen LogP contribution < -0.4 is 0 Å². The summed E-state index contributed by atoms with van der Waals surface area (Å²) < 4.78 is 0. The summed E-state index contributed by atoms with van der Waals surface area (Å²) in [5.41, 5.74) is 2.86. The van der Waals surface area contributed by atoms with Crippen LogP contribution in [0.25, 0.3) is 0 Å². The second-order valence-corrected chi connectivity index (χ2v) is 8.97. The molecular formula is C24H40N4O. The number of piperazine rings is 1. The van der Waals surface area contributed by atoms with Crippen LogP contribution >= 0.6 is 0 Å². The minimum Gasteiger partial charge on any atom is -0.344 e. The van der Waals surface area contributed by atoms with E-state index in [9.17, 15) is 4.79 Å². The zero-order valence-electron chi connectivity index (χ0n) is 18.8. The Bertz CT molecular complexity index is 642. The highest BCUT2D eigenvalue weighted by Gasteiger charge is 2.24. The average Bonchev–Trinajstić information content (AvgIpc) is 2.74. The number of rotatable bonds is 8. The molecule has 2 fully saturated rings. The Balaban J connectivity index is 1.40. The molecule has 29 heavy (non-hydrogen) atoms. The van der Waals surface area contributed by atoms with E-state index in [2.05, 4.69) is 52.8 Å². The Hall–Kier alpha value is -1.43. The highest BCUT2D eigenvalue weighted by molar-refractivity contribution is 5.78. The third-order valence-electron chi connectivity index (χ3n) is 6.79. The van der Waals surface area contributed by atoms with Crippen LogP contribution in [-0.2, 0) is 11.2 Å². The number of aryl methyl sites for hydroxylation is 1. The molecule has 1 aromatic carbocycles. The summed E-state index contributed by atoms with van der Waals surface area (Å²) >= 11 is 0. The first-order valence-corrected chi connectivity index (χ1v) is 11.5. The SMILES string of the molecule is CCN1CCN(CC(=O)N(C)C[C@H]2CCCN(CCc3ccccc3C)C2)CC1. The number of hydrogen-bond acceptors (Lipinski definition) is 4. The van der Waals surface area contributed by atoms with Crippen LogP contribution in [0.4, 0.5) is 0 Å². The summed E-state index contributed by atoms with van der Waals surface area (Å²) in [5, 5.41) is 0. The number of amides is 1. The fourth-order valence-electron chi connectivity index (χ4n) is 4.74. The van der Waals surface area contributed by atoms with Gasteiger partial charge < -0.3 is 14.7 Å². The van der Waals surface area contributed by atoms with E-state index < -0.39 is 0 Å². The molecule has 162 valence electrons. The molecule has 0 aromatic heterocycles. The third-order valence-corrected chi connectivity index (χ3v) is 6.79. The normalized spacial score (nSPS) is 22.0. The van der Waals surface area contributed by atoms with Gasteiger partial charge in [-0.05, 0) is 56.3 Å². The second-order valence-electron chi connectivity index (χ2n) is 8.97. The quantitative estimate of drug-likeness (QED) is 0.670. The summed E-state index contributed by atoms with van der Waals surface area (Å²) in [7, 11) is 2.00. The van der Waals surface area contributed by atoms with E-state index in [1.165, 1.54) is 30.5 Å². The van der Waals surface area contributed by atoms with Crippen LogP contribution in [0.1, 0.15) is 30.9 Å². The minimum absolute atomic E-state index is 0.284. The fourth-order valence-corrected chi connectivity index (χ4v) is 4.74. The molecule has 0 N–H and O–H groups in total. The van der Waals surface area contributed by atoms with Gasteiger partial charge in [0.25, 0.3) is 0 Å². The first kappa shape index (κ1) is 22.3. The Kier molecular flexibility index (Phi) is 8.52. The van der Waals surface area contributed by atoms with Crippen molar-refractivity contribution in [2.24, 2.45) is 5.92 Å². The number of carbonyl (C=O) groups excluding carboxylic acids is 1. The summed E-state index contributed by atoms with van der Waals surface area (Å²) in [6, 6.07) is 8.72. The lowest BCUT2D eigenvalue weighted by molar-refractivity contribution is -0.132. The van der Waals surface area contributed by atoms with Crippen molar-refractivity contribution in [2.75, 3.05) is 72.5 Å². The molecule has 5 nitrogen and oxygen atoms in total. The van der Waals surface area contributed by atoms with Gasteiger partial charge in [0, 0.05) is 52.9 Å². The van der Waals surface area contributed by atoms with E-state index in [-0.39, 0.29) is 5.91 Å². The first-order valence-electron chi connectivity index (χ1n) is 11.5. The maximum absolute atomic E-state index is 12.7. The fraction of sp³-hybridized carbons (Fsp3) is 0.708. The van der Waals surface area contributed by atoms with Gasteiger partial charge in [0.15, 0.2) is 0 Å². The number of hydrogen-bond donors (Lipinski definition) is 0. The Morgan fingerprint density at radius 3 is 2.52 bits per heavy atom. The van der Waals surface area contributed by atoms with E-state index in [1.807, 2.05) is 11.9 Å². The van der Waals surface area contributed by atoms with Crippen LogP contribution in [0, 0.1) is 12.8 Å². The molecule has 0 bridgehead atoms. The molecule has 1 amide bonds. The van der Waals surface area contributed by atoms with Crippen molar-refractivity contribution >= 4 is 5.91 Å². The van der Waals surface area contributed by atoms with Gasteiger partial charge in [0.2, 0.25) is 5.91 Å². The lowest BCUT2D eigenvalue weighted by atomic mass is 9.96. The number of benzene rings is 1. The Morgan fingerprint density at radius 1 is 1.07 bits per heavy atom. The molecule has 0 aliphatic carbocycles. The summed E-state index contributed by atoms with van der Waals surface area (Å²) in [4.78, 5) is 22.1. The molecular weight excluding hydrogens is 360 g/mol. The smallest absolute Gasteiger partial charge is 0.236 e. The van der Waals surface area contributed by atoms with Gasteiger partial charge in [0.1, 0.15) is 0 Å². The summed E-state index contributed by atoms with van der Waals surface area (Å²) in [6.07, 6.45) is 3.62. The topological polar surface area (TPSA) is 30.0 Å². The average molecular weight is 401 g/mol. The van der Waals surface area contributed by atoms with Crippen molar-refractivity contribution in [3.8, 4) is 0 Å². The van der Waals surface area contributed by atoms with Crippen molar-refractivity contribution in [1.29, 1.82) is 0 Å². The molecule has 0 saturated carbocycles. The molecule has 0 radical (unpaired) electrons. The third kappa shape index (κ3) is 6.80. The lowest BCUT2D eigenvalue weighted by Gasteiger charge is -2.36. The van der Waals surface area contributed by atoms with Crippen LogP contribution in [0.2, 0.25) is 0 Å². The van der Waals surface area contributed by atoms with E-state index in [0.717, 1.165) is 58.8 Å². The molecule has 5 heteroatoms. The van der Waals surface area contributed by atoms with Gasteiger partial charge in [-0.1, -0.05) is 31.2 Å². The molecule has 2 aliphatic heterocycles. The molecule has 2 heterocycles. The molecule has 3 rings (SSSR count). The molecule has 2 saturated heterocycles. The molecule has 1 atom stereocenters. The Morgan fingerprint density at radius 2 is 1.79 bits per heavy atom. The van der Waals surface area contributed by atoms with Crippen molar-refractivity contribution in [3.05, 3.63) is 35.4 Å². The standard InChI is InChI=1S/C24H40N4O/c1-4-26-14-16-28(17-15-26)20-24(29)25(3)18-22-9-7-12-27(19-22)13-11-23-10-6-5-8-21(23)2/h5-6,8,10,22H,4,7,9,11-20H2,1-3H3/t22-/m1/s1. The Labute approximate surface area is 177 Å². The molecule has 0 spiro atoms. The summed E-state index contributed by atoms with van der Waals surface area (Å²) in [6.45, 7) is 14.7. The molecule has 0 unspecified atom stereocenters. The maximum Gasteiger partial charge on any atom is 0.236 e. The van der Waals surface area contributed by atoms with Gasteiger partial charge in [0.05, 0.1) is 6.54 Å². The van der Waals surface area contributed by atoms with E-state index in [4.69, 9.17) is 0 Å². The van der Waals surface area contributed by atoms with Crippen molar-refractivity contribution < 1.29 is 4.79 Å². The molecule has 1 aromatic rings. The van der Waals surface area contributed by atoms with Crippen molar-refractivity contribution in [1.82, 2.24) is 19.6 Å². The van der Waals surface area contributed by atoms with Crippen molar-refractivity contribution in [2.45, 2.75) is 33.1 Å². The highest BCUT2D eigenvalue weighted by Crippen LogP contribution is 2.18. The molecule has 2 aliphatic rings. The van der Waals surface area contributed by atoms with Gasteiger partial charge in [-0.25, -0.2) is 0 Å². The number of nitrogens with zero attached hydrogens (tertiary/aromatic N) is 4. The number of likely N-dealkylation sites (tertiary alicyclic amines) is 1. The van der Waals surface area contributed by atoms with Crippen molar-refractivity contribution in [3.63, 3.8) is 0 Å². The first-order chi connectivity index (χ1) is 14.0. The second kappa shape index (κ2) is 11.1. The predicted octanol–water partition coefficient (Wildman–Crippen LogP) is 2.35. The van der Waals surface area contributed by atoms with E-state index in [0.29, 0.717) is 12.5 Å². The van der Waals surface area contributed by atoms with Gasteiger partial charge in [-0.15, -0.1) is 0 Å². The van der Waals surface area contributed by atoms with Crippen LogP contribution in [0.15, 0.2) is 24.3 Å². The van der Waals surface area contributed by atoms with Gasteiger partial charge in [-0.3, -0.25) is 9.69 Å². The largest absolute Gasteiger partial charge is 0.344 e. The lowest BCUT2D eigenvalue weighted by Crippen LogP contribution is -2.50. The minimum atomic E-state index is 0.284.